The first-order valence-corrected chi connectivity index (χ1v) is 25.9. The van der Waals surface area contributed by atoms with Crippen molar-refractivity contribution in [1.82, 2.24) is 0 Å². The van der Waals surface area contributed by atoms with Crippen LogP contribution in [-0.2, 0) is 32.7 Å². The van der Waals surface area contributed by atoms with Gasteiger partial charge in [-0.2, -0.15) is 0 Å². The lowest BCUT2D eigenvalue weighted by Gasteiger charge is -2.28. The van der Waals surface area contributed by atoms with Crippen LogP contribution >= 0.6 is 7.82 Å². The van der Waals surface area contributed by atoms with E-state index in [1.54, 1.807) is 0 Å². The van der Waals surface area contributed by atoms with Gasteiger partial charge < -0.3 is 27.9 Å². The molecule has 0 fully saturated rings. The van der Waals surface area contributed by atoms with E-state index >= 15 is 0 Å². The third-order valence-corrected chi connectivity index (χ3v) is 11.7. The van der Waals surface area contributed by atoms with Crippen molar-refractivity contribution in [3.8, 4) is 0 Å². The quantitative estimate of drug-likeness (QED) is 0.0196. The van der Waals surface area contributed by atoms with Crippen molar-refractivity contribution < 1.29 is 42.1 Å². The number of allylic oxidation sites excluding steroid dienone is 2. The Labute approximate surface area is 358 Å². The zero-order chi connectivity index (χ0) is 42.8. The Morgan fingerprint density at radius 2 is 0.879 bits per heavy atom. The summed E-state index contributed by atoms with van der Waals surface area (Å²) in [7, 11) is 1.18. The van der Waals surface area contributed by atoms with Gasteiger partial charge in [-0.3, -0.25) is 14.2 Å². The van der Waals surface area contributed by atoms with E-state index in [-0.39, 0.29) is 32.0 Å². The maximum atomic E-state index is 12.7. The first kappa shape index (κ1) is 56.8. The number of carbonyl (C=O) groups excluding carboxylic acids is 2. The second-order valence-electron chi connectivity index (χ2n) is 17.8. The highest BCUT2D eigenvalue weighted by Gasteiger charge is 2.21. The molecule has 0 radical (unpaired) electrons. The monoisotopic (exact) mass is 844 g/mol. The lowest BCUT2D eigenvalue weighted by atomic mass is 10.0. The Kier molecular flexibility index (Phi) is 40.2. The van der Waals surface area contributed by atoms with Crippen molar-refractivity contribution >= 4 is 19.8 Å². The minimum atomic E-state index is -4.61. The Bertz CT molecular complexity index is 1000. The van der Waals surface area contributed by atoms with Crippen LogP contribution in [-0.4, -0.2) is 70.0 Å². The van der Waals surface area contributed by atoms with Gasteiger partial charge in [-0.05, 0) is 38.5 Å². The van der Waals surface area contributed by atoms with Crippen LogP contribution in [0.5, 0.6) is 0 Å². The van der Waals surface area contributed by atoms with Crippen molar-refractivity contribution in [1.29, 1.82) is 0 Å². The number of quaternary nitrogens is 1. The van der Waals surface area contributed by atoms with Gasteiger partial charge in [0.15, 0.2) is 6.10 Å². The molecule has 0 rings (SSSR count). The molecule has 344 valence electrons. The number of phosphoric ester groups is 1. The minimum absolute atomic E-state index is 0.0274. The van der Waals surface area contributed by atoms with Crippen molar-refractivity contribution in [3.63, 3.8) is 0 Å². The number of hydrogen-bond donors (Lipinski definition) is 0. The molecule has 0 saturated carbocycles. The molecule has 0 aromatic rings. The van der Waals surface area contributed by atoms with Gasteiger partial charge in [-0.15, -0.1) is 0 Å². The molecule has 0 aromatic carbocycles. The summed E-state index contributed by atoms with van der Waals surface area (Å²) in [6.07, 6.45) is 44.2. The topological polar surface area (TPSA) is 111 Å². The van der Waals surface area contributed by atoms with Gasteiger partial charge in [-0.1, -0.05) is 193 Å². The van der Waals surface area contributed by atoms with Crippen LogP contribution in [0.1, 0.15) is 232 Å². The summed E-state index contributed by atoms with van der Waals surface area (Å²) in [5.74, 6) is -0.831. The Balaban J connectivity index is 4.00. The molecule has 0 bridgehead atoms. The normalized spacial score (nSPS) is 13.6. The SMILES string of the molecule is CCCCCCCCCC/C=C\CCCCCCCCCCCCCCCCCC(=O)OC(COC(=O)CCCCCCCCC)COP(=O)([O-])OCC[N+](C)(C)C. The highest BCUT2D eigenvalue weighted by Crippen LogP contribution is 2.38. The van der Waals surface area contributed by atoms with E-state index in [1.807, 2.05) is 21.1 Å². The van der Waals surface area contributed by atoms with Crippen LogP contribution in [0.15, 0.2) is 12.2 Å². The van der Waals surface area contributed by atoms with E-state index in [2.05, 4.69) is 26.0 Å². The molecule has 0 aromatic heterocycles. The van der Waals surface area contributed by atoms with Gasteiger partial charge in [0, 0.05) is 12.8 Å². The molecular formula is C48H94NO8P. The summed E-state index contributed by atoms with van der Waals surface area (Å²) >= 11 is 0. The second-order valence-corrected chi connectivity index (χ2v) is 19.2. The van der Waals surface area contributed by atoms with E-state index < -0.39 is 26.5 Å². The second kappa shape index (κ2) is 41.1. The van der Waals surface area contributed by atoms with Crippen molar-refractivity contribution in [3.05, 3.63) is 12.2 Å². The predicted octanol–water partition coefficient (Wildman–Crippen LogP) is 13.5. The highest BCUT2D eigenvalue weighted by molar-refractivity contribution is 7.45. The highest BCUT2D eigenvalue weighted by atomic mass is 31.2. The molecule has 0 amide bonds. The average Bonchev–Trinajstić information content (AvgIpc) is 3.17. The number of esters is 2. The van der Waals surface area contributed by atoms with Crippen LogP contribution in [0.4, 0.5) is 0 Å². The third kappa shape index (κ3) is 44.3. The number of rotatable bonds is 45. The lowest BCUT2D eigenvalue weighted by Crippen LogP contribution is -2.37. The van der Waals surface area contributed by atoms with E-state index in [0.29, 0.717) is 17.4 Å². The van der Waals surface area contributed by atoms with Crippen molar-refractivity contribution in [2.24, 2.45) is 0 Å². The van der Waals surface area contributed by atoms with Gasteiger partial charge >= 0.3 is 11.9 Å². The molecule has 58 heavy (non-hydrogen) atoms. The van der Waals surface area contributed by atoms with E-state index in [0.717, 1.165) is 32.1 Å². The molecule has 10 heteroatoms. The largest absolute Gasteiger partial charge is 0.756 e. The summed E-state index contributed by atoms with van der Waals surface area (Å²) in [5, 5.41) is 0. The van der Waals surface area contributed by atoms with Gasteiger partial charge in [0.25, 0.3) is 7.82 Å². The van der Waals surface area contributed by atoms with Crippen LogP contribution in [0, 0.1) is 0 Å². The summed E-state index contributed by atoms with van der Waals surface area (Å²) in [6, 6.07) is 0. The molecule has 2 unspecified atom stereocenters. The minimum Gasteiger partial charge on any atom is -0.756 e. The number of hydrogen-bond acceptors (Lipinski definition) is 8. The van der Waals surface area contributed by atoms with Crippen molar-refractivity contribution in [2.45, 2.75) is 238 Å². The number of phosphoric acid groups is 1. The molecule has 0 heterocycles. The molecule has 0 N–H and O–H groups in total. The maximum Gasteiger partial charge on any atom is 0.306 e. The van der Waals surface area contributed by atoms with Gasteiger partial charge in [0.05, 0.1) is 27.7 Å². The zero-order valence-electron chi connectivity index (χ0n) is 38.8. The predicted molar refractivity (Wildman–Crippen MR) is 241 cm³/mol. The molecule has 2 atom stereocenters. The zero-order valence-corrected chi connectivity index (χ0v) is 39.7. The Morgan fingerprint density at radius 1 is 0.517 bits per heavy atom. The van der Waals surface area contributed by atoms with Crippen LogP contribution in [0.25, 0.3) is 0 Å². The van der Waals surface area contributed by atoms with Crippen LogP contribution < -0.4 is 4.89 Å². The van der Waals surface area contributed by atoms with Crippen LogP contribution in [0.3, 0.4) is 0 Å². The third-order valence-electron chi connectivity index (χ3n) is 10.8. The fraction of sp³-hybridized carbons (Fsp3) is 0.917. The Hall–Kier alpha value is -1.25. The maximum absolute atomic E-state index is 12.7. The molecule has 0 aliphatic rings. The first-order chi connectivity index (χ1) is 28.0. The first-order valence-electron chi connectivity index (χ1n) is 24.4. The molecule has 0 aliphatic carbocycles. The number of ether oxygens (including phenoxy) is 2. The Morgan fingerprint density at radius 3 is 1.28 bits per heavy atom. The molecular weight excluding hydrogens is 750 g/mol. The summed E-state index contributed by atoms with van der Waals surface area (Å²) < 4.78 is 33.8. The lowest BCUT2D eigenvalue weighted by molar-refractivity contribution is -0.870. The standard InChI is InChI=1S/C48H94NO8P/c1-6-8-10-12-14-15-16-17-18-19-20-21-22-23-24-25-26-27-28-29-30-31-32-33-35-37-39-41-48(51)57-46(45-56-58(52,53)55-43-42-49(3,4)5)44-54-47(50)40-38-36-34-13-11-9-7-2/h19-20,46H,6-18,21-45H2,1-5H3/b20-19-. The van der Waals surface area contributed by atoms with E-state index in [9.17, 15) is 19.0 Å². The van der Waals surface area contributed by atoms with E-state index in [4.69, 9.17) is 18.5 Å². The fourth-order valence-corrected chi connectivity index (χ4v) is 7.67. The van der Waals surface area contributed by atoms with Crippen molar-refractivity contribution in [2.75, 3.05) is 47.5 Å². The average molecular weight is 844 g/mol. The molecule has 0 saturated heterocycles. The number of likely N-dealkylation sites (N-methyl/N-ethyl adjacent to an activating group) is 1. The molecule has 0 spiro atoms. The summed E-state index contributed by atoms with van der Waals surface area (Å²) in [6.45, 7) is 4.20. The van der Waals surface area contributed by atoms with Crippen LogP contribution in [0.2, 0.25) is 0 Å². The van der Waals surface area contributed by atoms with Gasteiger partial charge in [0.2, 0.25) is 0 Å². The summed E-state index contributed by atoms with van der Waals surface area (Å²) in [4.78, 5) is 37.4. The number of carbonyl (C=O) groups is 2. The summed E-state index contributed by atoms with van der Waals surface area (Å²) in [5.41, 5.74) is 0. The number of unbranched alkanes of at least 4 members (excludes halogenated alkanes) is 29. The molecule has 9 nitrogen and oxygen atoms in total. The molecule has 0 aliphatic heterocycles. The van der Waals surface area contributed by atoms with Gasteiger partial charge in [0.1, 0.15) is 19.8 Å². The fourth-order valence-electron chi connectivity index (χ4n) is 6.95. The number of nitrogens with zero attached hydrogens (tertiary/aromatic N) is 1. The van der Waals surface area contributed by atoms with Gasteiger partial charge in [-0.25, -0.2) is 0 Å². The van der Waals surface area contributed by atoms with E-state index in [1.165, 1.54) is 167 Å². The smallest absolute Gasteiger partial charge is 0.306 e.